The second-order valence-electron chi connectivity index (χ2n) is 5.48. The van der Waals surface area contributed by atoms with Crippen molar-refractivity contribution < 1.29 is 15.0 Å². The van der Waals surface area contributed by atoms with Crippen LogP contribution >= 0.6 is 0 Å². The Morgan fingerprint density at radius 1 is 1.45 bits per heavy atom. The zero-order chi connectivity index (χ0) is 15.3. The standard InChI is InChI=1S/C14H23N3O3/c1-5-11-6-10(13(18)19)7-12(16-11)15-8-14(2,20)9-17(3)4/h6-7,20H,5,8-9H2,1-4H3,(H,15,16)(H,18,19). The molecule has 6 heteroatoms. The summed E-state index contributed by atoms with van der Waals surface area (Å²) in [5.41, 5.74) is -0.0113. The molecule has 6 nitrogen and oxygen atoms in total. The number of nitrogens with one attached hydrogen (secondary N) is 1. The molecule has 1 rings (SSSR count). The molecule has 1 atom stereocenters. The smallest absolute Gasteiger partial charge is 0.335 e. The van der Waals surface area contributed by atoms with Crippen LogP contribution in [0.4, 0.5) is 5.82 Å². The van der Waals surface area contributed by atoms with E-state index in [-0.39, 0.29) is 5.56 Å². The Labute approximate surface area is 119 Å². The maximum atomic E-state index is 11.1. The van der Waals surface area contributed by atoms with Gasteiger partial charge < -0.3 is 20.4 Å². The van der Waals surface area contributed by atoms with Crippen LogP contribution in [-0.4, -0.2) is 58.9 Å². The second kappa shape index (κ2) is 6.67. The van der Waals surface area contributed by atoms with E-state index in [1.807, 2.05) is 25.9 Å². The van der Waals surface area contributed by atoms with Crippen LogP contribution in [0.1, 0.15) is 29.9 Å². The zero-order valence-electron chi connectivity index (χ0n) is 12.5. The lowest BCUT2D eigenvalue weighted by Gasteiger charge is -2.27. The SMILES string of the molecule is CCc1cc(C(=O)O)cc(NCC(C)(O)CN(C)C)n1. The number of carbonyl (C=O) groups is 1. The Morgan fingerprint density at radius 2 is 2.10 bits per heavy atom. The van der Waals surface area contributed by atoms with Crippen molar-refractivity contribution >= 4 is 11.8 Å². The van der Waals surface area contributed by atoms with Crippen molar-refractivity contribution in [3.63, 3.8) is 0 Å². The molecule has 0 spiro atoms. The summed E-state index contributed by atoms with van der Waals surface area (Å²) in [5, 5.41) is 22.3. The quantitative estimate of drug-likeness (QED) is 0.693. The minimum Gasteiger partial charge on any atom is -0.478 e. The summed E-state index contributed by atoms with van der Waals surface area (Å²) in [5.74, 6) is -0.508. The summed E-state index contributed by atoms with van der Waals surface area (Å²) in [4.78, 5) is 17.3. The Balaban J connectivity index is 2.82. The van der Waals surface area contributed by atoms with Crippen molar-refractivity contribution in [3.05, 3.63) is 23.4 Å². The van der Waals surface area contributed by atoms with E-state index in [2.05, 4.69) is 10.3 Å². The first-order valence-electron chi connectivity index (χ1n) is 6.59. The van der Waals surface area contributed by atoms with Crippen molar-refractivity contribution in [2.24, 2.45) is 0 Å². The van der Waals surface area contributed by atoms with Gasteiger partial charge in [-0.25, -0.2) is 9.78 Å². The van der Waals surface area contributed by atoms with Crippen LogP contribution in [0.25, 0.3) is 0 Å². The molecule has 0 aliphatic carbocycles. The van der Waals surface area contributed by atoms with Gasteiger partial charge in [0.2, 0.25) is 0 Å². The first-order valence-corrected chi connectivity index (χ1v) is 6.59. The van der Waals surface area contributed by atoms with Gasteiger partial charge in [-0.2, -0.15) is 0 Å². The van der Waals surface area contributed by atoms with Crippen LogP contribution in [0.3, 0.4) is 0 Å². The van der Waals surface area contributed by atoms with Gasteiger partial charge in [0.1, 0.15) is 5.82 Å². The van der Waals surface area contributed by atoms with Gasteiger partial charge in [0.15, 0.2) is 0 Å². The van der Waals surface area contributed by atoms with E-state index >= 15 is 0 Å². The lowest BCUT2D eigenvalue weighted by molar-refractivity contribution is 0.0459. The fourth-order valence-electron chi connectivity index (χ4n) is 2.00. The van der Waals surface area contributed by atoms with Gasteiger partial charge in [-0.1, -0.05) is 6.92 Å². The van der Waals surface area contributed by atoms with Crippen molar-refractivity contribution in [3.8, 4) is 0 Å². The lowest BCUT2D eigenvalue weighted by atomic mass is 10.1. The summed E-state index contributed by atoms with van der Waals surface area (Å²) in [7, 11) is 3.76. The van der Waals surface area contributed by atoms with Crippen molar-refractivity contribution in [1.29, 1.82) is 0 Å². The molecule has 112 valence electrons. The van der Waals surface area contributed by atoms with Crippen LogP contribution in [0, 0.1) is 0 Å². The van der Waals surface area contributed by atoms with Crippen LogP contribution in [-0.2, 0) is 6.42 Å². The third kappa shape index (κ3) is 5.14. The minimum atomic E-state index is -0.981. The number of aromatic nitrogens is 1. The zero-order valence-corrected chi connectivity index (χ0v) is 12.5. The number of carboxylic acid groups (broad SMARTS) is 1. The third-order valence-corrected chi connectivity index (χ3v) is 2.79. The fourth-order valence-corrected chi connectivity index (χ4v) is 2.00. The highest BCUT2D eigenvalue weighted by Gasteiger charge is 2.21. The maximum Gasteiger partial charge on any atom is 0.335 e. The number of rotatable bonds is 7. The molecule has 1 heterocycles. The Kier molecular flexibility index (Phi) is 5.47. The topological polar surface area (TPSA) is 85.7 Å². The molecule has 0 radical (unpaired) electrons. The number of nitrogens with zero attached hydrogens (tertiary/aromatic N) is 2. The number of anilines is 1. The van der Waals surface area contributed by atoms with E-state index in [1.54, 1.807) is 13.0 Å². The van der Waals surface area contributed by atoms with Crippen molar-refractivity contribution in [2.45, 2.75) is 25.9 Å². The second-order valence-corrected chi connectivity index (χ2v) is 5.48. The molecule has 0 saturated heterocycles. The molecule has 20 heavy (non-hydrogen) atoms. The molecular formula is C14H23N3O3. The first-order chi connectivity index (χ1) is 9.23. The van der Waals surface area contributed by atoms with Crippen molar-refractivity contribution in [2.75, 3.05) is 32.5 Å². The van der Waals surface area contributed by atoms with Crippen LogP contribution in [0.15, 0.2) is 12.1 Å². The number of hydrogen-bond acceptors (Lipinski definition) is 5. The molecule has 0 aromatic carbocycles. The molecule has 1 unspecified atom stereocenters. The van der Waals surface area contributed by atoms with Gasteiger partial charge in [0.25, 0.3) is 0 Å². The van der Waals surface area contributed by atoms with E-state index in [1.165, 1.54) is 6.07 Å². The fraction of sp³-hybridized carbons (Fsp3) is 0.571. The van der Waals surface area contributed by atoms with Crippen LogP contribution in [0.2, 0.25) is 0 Å². The number of aryl methyl sites for hydroxylation is 1. The van der Waals surface area contributed by atoms with Crippen LogP contribution in [0.5, 0.6) is 0 Å². The summed E-state index contributed by atoms with van der Waals surface area (Å²) >= 11 is 0. The molecule has 0 aliphatic heterocycles. The molecule has 0 amide bonds. The number of carboxylic acids is 1. The average molecular weight is 281 g/mol. The lowest BCUT2D eigenvalue weighted by Crippen LogP contribution is -2.43. The Hall–Kier alpha value is -1.66. The van der Waals surface area contributed by atoms with Gasteiger partial charge in [0.05, 0.1) is 11.2 Å². The molecule has 0 aliphatic rings. The monoisotopic (exact) mass is 281 g/mol. The summed E-state index contributed by atoms with van der Waals surface area (Å²) < 4.78 is 0. The molecule has 1 aromatic rings. The van der Waals surface area contributed by atoms with E-state index in [0.717, 1.165) is 0 Å². The average Bonchev–Trinajstić information content (AvgIpc) is 2.34. The predicted molar refractivity (Wildman–Crippen MR) is 78.2 cm³/mol. The number of pyridine rings is 1. The summed E-state index contributed by atoms with van der Waals surface area (Å²) in [6.07, 6.45) is 0.657. The molecule has 0 fully saturated rings. The third-order valence-electron chi connectivity index (χ3n) is 2.79. The molecule has 0 saturated carbocycles. The molecule has 0 bridgehead atoms. The van der Waals surface area contributed by atoms with Crippen molar-refractivity contribution in [1.82, 2.24) is 9.88 Å². The summed E-state index contributed by atoms with van der Waals surface area (Å²) in [6, 6.07) is 3.04. The molecular weight excluding hydrogens is 258 g/mol. The van der Waals surface area contributed by atoms with Gasteiger partial charge >= 0.3 is 5.97 Å². The maximum absolute atomic E-state index is 11.1. The highest BCUT2D eigenvalue weighted by molar-refractivity contribution is 5.88. The number of aromatic carboxylic acids is 1. The van der Waals surface area contributed by atoms with E-state index in [4.69, 9.17) is 5.11 Å². The highest BCUT2D eigenvalue weighted by Crippen LogP contribution is 2.13. The molecule has 3 N–H and O–H groups in total. The summed E-state index contributed by atoms with van der Waals surface area (Å²) in [6.45, 7) is 4.44. The van der Waals surface area contributed by atoms with E-state index in [0.29, 0.717) is 31.0 Å². The van der Waals surface area contributed by atoms with Crippen LogP contribution < -0.4 is 5.32 Å². The minimum absolute atomic E-state index is 0.201. The number of likely N-dealkylation sites (N-methyl/N-ethyl adjacent to an activating group) is 1. The van der Waals surface area contributed by atoms with E-state index in [9.17, 15) is 9.90 Å². The van der Waals surface area contributed by atoms with Gasteiger partial charge in [0, 0.05) is 18.8 Å². The Morgan fingerprint density at radius 3 is 2.60 bits per heavy atom. The number of aliphatic hydroxyl groups is 1. The van der Waals surface area contributed by atoms with E-state index < -0.39 is 11.6 Å². The first kappa shape index (κ1) is 16.4. The largest absolute Gasteiger partial charge is 0.478 e. The van der Waals surface area contributed by atoms with Gasteiger partial charge in [-0.15, -0.1) is 0 Å². The normalized spacial score (nSPS) is 14.1. The number of hydrogen-bond donors (Lipinski definition) is 3. The predicted octanol–water partition coefficient (Wildman–Crippen LogP) is 1.07. The van der Waals surface area contributed by atoms with Gasteiger partial charge in [-0.3, -0.25) is 0 Å². The van der Waals surface area contributed by atoms with Gasteiger partial charge in [-0.05, 0) is 39.6 Å². The molecule has 1 aromatic heterocycles. The highest BCUT2D eigenvalue weighted by atomic mass is 16.4. The Bertz CT molecular complexity index is 473.